The average molecular weight is 350 g/mol. The molecule has 3 aromatic rings. The minimum Gasteiger partial charge on any atom is -0.332 e. The number of aromatic nitrogens is 4. The van der Waals surface area contributed by atoms with E-state index in [2.05, 4.69) is 46.7 Å². The maximum absolute atomic E-state index is 12.1. The van der Waals surface area contributed by atoms with Gasteiger partial charge in [-0.05, 0) is 35.2 Å². The smallest absolute Gasteiger partial charge is 0.319 e. The molecule has 0 fully saturated rings. The predicted molar refractivity (Wildman–Crippen MR) is 100 cm³/mol. The van der Waals surface area contributed by atoms with Crippen molar-refractivity contribution in [1.29, 1.82) is 0 Å². The van der Waals surface area contributed by atoms with Gasteiger partial charge in [0.25, 0.3) is 0 Å². The van der Waals surface area contributed by atoms with E-state index in [4.69, 9.17) is 0 Å². The standard InChI is InChI=1S/C19H22N6O/c1-19(2,3)14-4-6-15(7-5-14)22-18(26)21-12-16-13-25(24-23-16)17-8-10-20-11-9-17/h4-11,13H,12H2,1-3H3,(H2,21,22,26). The fourth-order valence-corrected chi connectivity index (χ4v) is 2.40. The molecular formula is C19H22N6O. The van der Waals surface area contributed by atoms with Gasteiger partial charge in [0, 0.05) is 18.1 Å². The van der Waals surface area contributed by atoms with Crippen molar-refractivity contribution in [1.82, 2.24) is 25.3 Å². The van der Waals surface area contributed by atoms with Gasteiger partial charge in [0.15, 0.2) is 0 Å². The summed E-state index contributed by atoms with van der Waals surface area (Å²) in [5.74, 6) is 0. The van der Waals surface area contributed by atoms with Crippen LogP contribution in [0.2, 0.25) is 0 Å². The Bertz CT molecular complexity index is 865. The summed E-state index contributed by atoms with van der Waals surface area (Å²) in [5.41, 5.74) is 3.58. The van der Waals surface area contributed by atoms with Crippen LogP contribution in [0.25, 0.3) is 5.69 Å². The van der Waals surface area contributed by atoms with Gasteiger partial charge in [0.2, 0.25) is 0 Å². The zero-order valence-electron chi connectivity index (χ0n) is 15.1. The van der Waals surface area contributed by atoms with E-state index in [9.17, 15) is 4.79 Å². The Morgan fingerprint density at radius 2 is 1.77 bits per heavy atom. The van der Waals surface area contributed by atoms with Crippen LogP contribution in [0.4, 0.5) is 10.5 Å². The molecule has 1 aromatic carbocycles. The second-order valence-corrected chi connectivity index (χ2v) is 6.99. The number of hydrogen-bond acceptors (Lipinski definition) is 4. The fraction of sp³-hybridized carbons (Fsp3) is 0.263. The van der Waals surface area contributed by atoms with Crippen LogP contribution >= 0.6 is 0 Å². The summed E-state index contributed by atoms with van der Waals surface area (Å²) in [6.07, 6.45) is 5.15. The van der Waals surface area contributed by atoms with Crippen LogP contribution in [0.3, 0.4) is 0 Å². The number of pyridine rings is 1. The van der Waals surface area contributed by atoms with E-state index >= 15 is 0 Å². The molecule has 0 spiro atoms. The van der Waals surface area contributed by atoms with Crippen LogP contribution in [0.15, 0.2) is 55.0 Å². The number of rotatable bonds is 4. The van der Waals surface area contributed by atoms with Crippen molar-refractivity contribution in [3.8, 4) is 5.69 Å². The summed E-state index contributed by atoms with van der Waals surface area (Å²) >= 11 is 0. The first-order chi connectivity index (χ1) is 12.4. The van der Waals surface area contributed by atoms with Gasteiger partial charge in [-0.3, -0.25) is 4.98 Å². The molecule has 2 aromatic heterocycles. The van der Waals surface area contributed by atoms with E-state index in [1.807, 2.05) is 36.4 Å². The van der Waals surface area contributed by atoms with Crippen LogP contribution in [-0.4, -0.2) is 26.0 Å². The molecule has 7 heteroatoms. The molecule has 3 rings (SSSR count). The van der Waals surface area contributed by atoms with Gasteiger partial charge < -0.3 is 10.6 Å². The molecule has 0 radical (unpaired) electrons. The van der Waals surface area contributed by atoms with Gasteiger partial charge in [-0.25, -0.2) is 9.48 Å². The number of nitrogens with zero attached hydrogens (tertiary/aromatic N) is 4. The molecule has 0 unspecified atom stereocenters. The van der Waals surface area contributed by atoms with Gasteiger partial charge in [0.1, 0.15) is 5.69 Å². The Kier molecular flexibility index (Phi) is 4.97. The number of hydrogen-bond donors (Lipinski definition) is 2. The van der Waals surface area contributed by atoms with E-state index in [0.717, 1.165) is 11.4 Å². The third-order valence-electron chi connectivity index (χ3n) is 3.91. The number of carbonyl (C=O) groups is 1. The highest BCUT2D eigenvalue weighted by molar-refractivity contribution is 5.89. The van der Waals surface area contributed by atoms with Crippen LogP contribution < -0.4 is 10.6 Å². The predicted octanol–water partition coefficient (Wildman–Crippen LogP) is 3.28. The lowest BCUT2D eigenvalue weighted by Gasteiger charge is -2.19. The van der Waals surface area contributed by atoms with Gasteiger partial charge in [-0.15, -0.1) is 5.10 Å². The molecule has 0 saturated carbocycles. The first-order valence-corrected chi connectivity index (χ1v) is 8.39. The Morgan fingerprint density at radius 3 is 2.42 bits per heavy atom. The molecule has 0 saturated heterocycles. The van der Waals surface area contributed by atoms with Crippen molar-refractivity contribution in [2.75, 3.05) is 5.32 Å². The zero-order chi connectivity index (χ0) is 18.6. The molecule has 0 atom stereocenters. The summed E-state index contributed by atoms with van der Waals surface area (Å²) in [6.45, 7) is 6.75. The van der Waals surface area contributed by atoms with Crippen LogP contribution in [-0.2, 0) is 12.0 Å². The molecule has 2 N–H and O–H groups in total. The summed E-state index contributed by atoms with van der Waals surface area (Å²) in [5, 5.41) is 13.7. The molecule has 2 heterocycles. The maximum atomic E-state index is 12.1. The molecule has 26 heavy (non-hydrogen) atoms. The normalized spacial score (nSPS) is 11.2. The molecule has 0 bridgehead atoms. The molecule has 0 aliphatic rings. The van der Waals surface area contributed by atoms with E-state index in [1.54, 1.807) is 23.3 Å². The molecule has 7 nitrogen and oxygen atoms in total. The molecule has 0 aliphatic heterocycles. The monoisotopic (exact) mass is 350 g/mol. The molecule has 134 valence electrons. The van der Waals surface area contributed by atoms with Crippen molar-refractivity contribution in [3.05, 3.63) is 66.2 Å². The van der Waals surface area contributed by atoms with Gasteiger partial charge in [-0.1, -0.05) is 38.1 Å². The van der Waals surface area contributed by atoms with E-state index in [0.29, 0.717) is 5.69 Å². The average Bonchev–Trinajstić information content (AvgIpc) is 3.09. The number of urea groups is 1. The van der Waals surface area contributed by atoms with Crippen molar-refractivity contribution in [2.24, 2.45) is 0 Å². The first kappa shape index (κ1) is 17.6. The quantitative estimate of drug-likeness (QED) is 0.756. The second-order valence-electron chi connectivity index (χ2n) is 6.99. The van der Waals surface area contributed by atoms with Crippen molar-refractivity contribution in [2.45, 2.75) is 32.7 Å². The minimum atomic E-state index is -0.285. The van der Waals surface area contributed by atoms with Crippen LogP contribution in [0.1, 0.15) is 32.0 Å². The Labute approximate surface area is 152 Å². The maximum Gasteiger partial charge on any atom is 0.319 e. The SMILES string of the molecule is CC(C)(C)c1ccc(NC(=O)NCc2cn(-c3ccncc3)nn2)cc1. The molecular weight excluding hydrogens is 328 g/mol. The molecule has 2 amide bonds. The topological polar surface area (TPSA) is 84.7 Å². The third kappa shape index (κ3) is 4.44. The van der Waals surface area contributed by atoms with Gasteiger partial charge in [0.05, 0.1) is 18.4 Å². The lowest BCUT2D eigenvalue weighted by atomic mass is 9.87. The molecule has 0 aliphatic carbocycles. The second kappa shape index (κ2) is 7.35. The highest BCUT2D eigenvalue weighted by atomic mass is 16.2. The van der Waals surface area contributed by atoms with Crippen molar-refractivity contribution < 1.29 is 4.79 Å². The summed E-state index contributed by atoms with van der Waals surface area (Å²) < 4.78 is 1.64. The van der Waals surface area contributed by atoms with Gasteiger partial charge >= 0.3 is 6.03 Å². The Morgan fingerprint density at radius 1 is 1.08 bits per heavy atom. The largest absolute Gasteiger partial charge is 0.332 e. The summed E-state index contributed by atoms with van der Waals surface area (Å²) in [4.78, 5) is 16.0. The summed E-state index contributed by atoms with van der Waals surface area (Å²) in [6, 6.07) is 11.2. The first-order valence-electron chi connectivity index (χ1n) is 8.39. The highest BCUT2D eigenvalue weighted by Crippen LogP contribution is 2.23. The van der Waals surface area contributed by atoms with Crippen molar-refractivity contribution >= 4 is 11.7 Å². The lowest BCUT2D eigenvalue weighted by Crippen LogP contribution is -2.28. The zero-order valence-corrected chi connectivity index (χ0v) is 15.1. The van der Waals surface area contributed by atoms with Crippen LogP contribution in [0.5, 0.6) is 0 Å². The van der Waals surface area contributed by atoms with E-state index < -0.39 is 0 Å². The highest BCUT2D eigenvalue weighted by Gasteiger charge is 2.13. The number of amides is 2. The number of benzene rings is 1. The third-order valence-corrected chi connectivity index (χ3v) is 3.91. The van der Waals surface area contributed by atoms with Gasteiger partial charge in [-0.2, -0.15) is 0 Å². The number of carbonyl (C=O) groups excluding carboxylic acids is 1. The van der Waals surface area contributed by atoms with E-state index in [1.165, 1.54) is 5.56 Å². The van der Waals surface area contributed by atoms with Crippen LogP contribution in [0, 0.1) is 0 Å². The number of anilines is 1. The fourth-order valence-electron chi connectivity index (χ4n) is 2.40. The Hall–Kier alpha value is -3.22. The Balaban J connectivity index is 1.54. The van der Waals surface area contributed by atoms with E-state index in [-0.39, 0.29) is 18.0 Å². The van der Waals surface area contributed by atoms with Crippen molar-refractivity contribution in [3.63, 3.8) is 0 Å². The lowest BCUT2D eigenvalue weighted by molar-refractivity contribution is 0.251. The summed E-state index contributed by atoms with van der Waals surface area (Å²) in [7, 11) is 0. The minimum absolute atomic E-state index is 0.0848. The number of nitrogens with one attached hydrogen (secondary N) is 2.